The third-order valence-corrected chi connectivity index (χ3v) is 5.43. The van der Waals surface area contributed by atoms with Crippen molar-refractivity contribution in [3.05, 3.63) is 0 Å². The quantitative estimate of drug-likeness (QED) is 0.443. The number of carbonyl (C=O) groups is 1. The van der Waals surface area contributed by atoms with Gasteiger partial charge in [-0.3, -0.25) is 4.79 Å². The van der Waals surface area contributed by atoms with Gasteiger partial charge >= 0.3 is 17.1 Å². The van der Waals surface area contributed by atoms with Gasteiger partial charge in [-0.15, -0.1) is 0 Å². The summed E-state index contributed by atoms with van der Waals surface area (Å²) >= 11 is 0. The van der Waals surface area contributed by atoms with E-state index in [0.717, 1.165) is 7.11 Å². The Hall–Kier alpha value is -0.900. The molecule has 10 heteroatoms. The molecule has 122 valence electrons. The van der Waals surface area contributed by atoms with Crippen LogP contribution in [0.3, 0.4) is 0 Å². The van der Waals surface area contributed by atoms with E-state index >= 15 is 0 Å². The minimum atomic E-state index is -6.47. The van der Waals surface area contributed by atoms with E-state index in [1.807, 2.05) is 0 Å². The summed E-state index contributed by atoms with van der Waals surface area (Å²) in [4.78, 5) is 11.4. The zero-order valence-electron chi connectivity index (χ0n) is 10.9. The normalized spacial score (nSPS) is 33.2. The number of fused-ring (bicyclic) bond motifs is 2. The van der Waals surface area contributed by atoms with Gasteiger partial charge in [0.25, 0.3) is 0 Å². The lowest BCUT2D eigenvalue weighted by Gasteiger charge is -2.37. The van der Waals surface area contributed by atoms with E-state index < -0.39 is 57.4 Å². The van der Waals surface area contributed by atoms with E-state index in [0.29, 0.717) is 0 Å². The molecule has 5 nitrogen and oxygen atoms in total. The predicted octanol–water partition coefficient (Wildman–Crippen LogP) is 1.60. The van der Waals surface area contributed by atoms with Gasteiger partial charge in [0.15, 0.2) is 10.1 Å². The Labute approximate surface area is 118 Å². The van der Waals surface area contributed by atoms with Gasteiger partial charge in [-0.2, -0.15) is 17.6 Å². The highest BCUT2D eigenvalue weighted by atomic mass is 32.2. The van der Waals surface area contributed by atoms with Crippen molar-refractivity contribution >= 4 is 16.1 Å². The fourth-order valence-electron chi connectivity index (χ4n) is 3.54. The molecule has 0 aromatic carbocycles. The second kappa shape index (κ2) is 4.80. The number of rotatable bonds is 4. The van der Waals surface area contributed by atoms with E-state index in [4.69, 9.17) is 0 Å². The SMILES string of the molecule is COC(=O)C1CC2CC1CC2C(F)(F)C(F)(F)S(=O)(=O)[O-]. The molecule has 2 aliphatic carbocycles. The predicted molar refractivity (Wildman–Crippen MR) is 59.4 cm³/mol. The van der Waals surface area contributed by atoms with Crippen molar-refractivity contribution in [2.75, 3.05) is 7.11 Å². The van der Waals surface area contributed by atoms with Crippen molar-refractivity contribution in [3.8, 4) is 0 Å². The van der Waals surface area contributed by atoms with Gasteiger partial charge in [-0.1, -0.05) is 0 Å². The Morgan fingerprint density at radius 3 is 2.10 bits per heavy atom. The molecule has 0 aromatic heterocycles. The van der Waals surface area contributed by atoms with Crippen LogP contribution in [0.5, 0.6) is 0 Å². The average Bonchev–Trinajstić information content (AvgIpc) is 2.95. The lowest BCUT2D eigenvalue weighted by molar-refractivity contribution is -0.205. The maximum absolute atomic E-state index is 13.8. The van der Waals surface area contributed by atoms with Crippen molar-refractivity contribution in [2.24, 2.45) is 23.7 Å². The van der Waals surface area contributed by atoms with Gasteiger partial charge in [0, 0.05) is 5.92 Å². The van der Waals surface area contributed by atoms with Gasteiger partial charge in [-0.05, 0) is 31.1 Å². The van der Waals surface area contributed by atoms with Crippen LogP contribution >= 0.6 is 0 Å². The zero-order valence-corrected chi connectivity index (χ0v) is 11.7. The molecular formula is C11H13F4O5S-. The van der Waals surface area contributed by atoms with E-state index in [1.54, 1.807) is 0 Å². The molecule has 0 N–H and O–H groups in total. The van der Waals surface area contributed by atoms with Gasteiger partial charge in [0.1, 0.15) is 0 Å². The molecule has 0 radical (unpaired) electrons. The monoisotopic (exact) mass is 333 g/mol. The number of ether oxygens (including phenoxy) is 1. The van der Waals surface area contributed by atoms with Gasteiger partial charge in [0.2, 0.25) is 0 Å². The largest absolute Gasteiger partial charge is 0.743 e. The molecule has 2 saturated carbocycles. The third kappa shape index (κ3) is 2.32. The Balaban J connectivity index is 2.22. The third-order valence-electron chi connectivity index (χ3n) is 4.53. The molecule has 0 spiro atoms. The highest BCUT2D eigenvalue weighted by molar-refractivity contribution is 7.86. The summed E-state index contributed by atoms with van der Waals surface area (Å²) in [5, 5.41) is -5.66. The first-order valence-corrected chi connectivity index (χ1v) is 7.63. The molecule has 0 aromatic rings. The molecule has 4 atom stereocenters. The number of halogens is 4. The Bertz CT molecular complexity index is 547. The maximum Gasteiger partial charge on any atom is 0.396 e. The first-order valence-electron chi connectivity index (χ1n) is 6.22. The number of carbonyl (C=O) groups excluding carboxylic acids is 1. The molecule has 0 heterocycles. The molecule has 0 saturated heterocycles. The first-order chi connectivity index (χ1) is 9.43. The van der Waals surface area contributed by atoms with E-state index in [1.165, 1.54) is 0 Å². The minimum absolute atomic E-state index is 0.0629. The highest BCUT2D eigenvalue weighted by Gasteiger charge is 2.69. The average molecular weight is 333 g/mol. The molecule has 2 aliphatic rings. The van der Waals surface area contributed by atoms with Crippen LogP contribution in [-0.2, 0) is 19.6 Å². The van der Waals surface area contributed by atoms with Crippen LogP contribution in [0, 0.1) is 23.7 Å². The topological polar surface area (TPSA) is 83.5 Å². The number of hydrogen-bond donors (Lipinski definition) is 0. The second-order valence-electron chi connectivity index (χ2n) is 5.56. The molecule has 4 unspecified atom stereocenters. The smallest absolute Gasteiger partial charge is 0.396 e. The van der Waals surface area contributed by atoms with Crippen LogP contribution in [0.15, 0.2) is 0 Å². The summed E-state index contributed by atoms with van der Waals surface area (Å²) in [6, 6.07) is 0. The lowest BCUT2D eigenvalue weighted by atomic mass is 9.79. The summed E-state index contributed by atoms with van der Waals surface area (Å²) in [5.74, 6) is -9.59. The van der Waals surface area contributed by atoms with E-state index in [2.05, 4.69) is 4.74 Å². The number of hydrogen-bond acceptors (Lipinski definition) is 5. The van der Waals surface area contributed by atoms with Crippen LogP contribution in [-0.4, -0.2) is 37.2 Å². The number of esters is 1. The standard InChI is InChI=1S/C11H14F4O5S/c1-20-9(16)7-3-6-2-5(7)4-8(6)10(12,13)11(14,15)21(17,18)19/h5-8H,2-4H2,1H3,(H,17,18,19)/p-1. The Morgan fingerprint density at radius 2 is 1.71 bits per heavy atom. The van der Waals surface area contributed by atoms with Crippen molar-refractivity contribution in [1.82, 2.24) is 0 Å². The van der Waals surface area contributed by atoms with Crippen LogP contribution in [0.1, 0.15) is 19.3 Å². The van der Waals surface area contributed by atoms with Gasteiger partial charge in [-0.25, -0.2) is 8.42 Å². The molecule has 2 bridgehead atoms. The molecule has 21 heavy (non-hydrogen) atoms. The number of methoxy groups -OCH3 is 1. The summed E-state index contributed by atoms with van der Waals surface area (Å²) in [5.41, 5.74) is 0. The van der Waals surface area contributed by atoms with Crippen molar-refractivity contribution in [1.29, 1.82) is 0 Å². The van der Waals surface area contributed by atoms with Crippen molar-refractivity contribution in [2.45, 2.75) is 30.4 Å². The maximum atomic E-state index is 13.8. The van der Waals surface area contributed by atoms with Crippen LogP contribution in [0.2, 0.25) is 0 Å². The minimum Gasteiger partial charge on any atom is -0.743 e. The summed E-state index contributed by atoms with van der Waals surface area (Å²) < 4.78 is 90.0. The zero-order chi connectivity index (χ0) is 16.2. The summed E-state index contributed by atoms with van der Waals surface area (Å²) in [6.45, 7) is 0. The van der Waals surface area contributed by atoms with Crippen molar-refractivity contribution < 1.29 is 40.1 Å². The first kappa shape index (κ1) is 16.5. The Morgan fingerprint density at radius 1 is 1.14 bits per heavy atom. The highest BCUT2D eigenvalue weighted by Crippen LogP contribution is 2.60. The van der Waals surface area contributed by atoms with Gasteiger partial charge in [0.05, 0.1) is 13.0 Å². The molecule has 2 rings (SSSR count). The van der Waals surface area contributed by atoms with Crippen LogP contribution in [0.4, 0.5) is 17.6 Å². The summed E-state index contributed by atoms with van der Waals surface area (Å²) in [7, 11) is -5.34. The second-order valence-corrected chi connectivity index (χ2v) is 6.98. The van der Waals surface area contributed by atoms with Gasteiger partial charge < -0.3 is 9.29 Å². The molecule has 2 fully saturated rings. The van der Waals surface area contributed by atoms with E-state index in [9.17, 15) is 35.3 Å². The molecular weight excluding hydrogens is 320 g/mol. The lowest BCUT2D eigenvalue weighted by Crippen LogP contribution is -2.53. The Kier molecular flexibility index (Phi) is 3.77. The molecule has 0 aliphatic heterocycles. The van der Waals surface area contributed by atoms with Crippen LogP contribution in [0.25, 0.3) is 0 Å². The summed E-state index contributed by atoms with van der Waals surface area (Å²) in [6.07, 6.45) is -0.371. The number of alkyl halides is 4. The molecule has 0 amide bonds. The van der Waals surface area contributed by atoms with Crippen LogP contribution < -0.4 is 0 Å². The van der Waals surface area contributed by atoms with Crippen molar-refractivity contribution in [3.63, 3.8) is 0 Å². The van der Waals surface area contributed by atoms with E-state index in [-0.39, 0.29) is 12.8 Å². The fourth-order valence-corrected chi connectivity index (χ4v) is 4.03. The fraction of sp³-hybridized carbons (Fsp3) is 0.909.